The van der Waals surface area contributed by atoms with E-state index >= 15 is 0 Å². The van der Waals surface area contributed by atoms with Crippen molar-refractivity contribution in [2.75, 3.05) is 0 Å². The first-order chi connectivity index (χ1) is 8.50. The molecule has 0 bridgehead atoms. The Morgan fingerprint density at radius 1 is 1.56 bits per heavy atom. The van der Waals surface area contributed by atoms with E-state index in [4.69, 9.17) is 5.73 Å². The van der Waals surface area contributed by atoms with E-state index in [9.17, 15) is 10.1 Å². The van der Waals surface area contributed by atoms with Gasteiger partial charge in [-0.1, -0.05) is 0 Å². The molecule has 2 aromatic rings. The zero-order valence-corrected chi connectivity index (χ0v) is 10.9. The summed E-state index contributed by atoms with van der Waals surface area (Å²) in [6, 6.07) is 4.24. The highest BCUT2D eigenvalue weighted by molar-refractivity contribution is 9.10. The molecule has 0 aliphatic carbocycles. The molecule has 2 N–H and O–H groups in total. The molecule has 1 aromatic heterocycles. The maximum atomic E-state index is 10.9. The molecule has 94 valence electrons. The Bertz CT molecular complexity index is 596. The summed E-state index contributed by atoms with van der Waals surface area (Å²) in [5.74, 6) is 0.437. The first kappa shape index (κ1) is 12.6. The van der Waals surface area contributed by atoms with Gasteiger partial charge in [-0.05, 0) is 45.4 Å². The van der Waals surface area contributed by atoms with Crippen LogP contribution in [0.5, 0.6) is 0 Å². The minimum atomic E-state index is -0.483. The summed E-state index contributed by atoms with van der Waals surface area (Å²) in [5.41, 5.74) is 6.15. The molecule has 0 saturated carbocycles. The highest BCUT2D eigenvalue weighted by atomic mass is 79.9. The summed E-state index contributed by atoms with van der Waals surface area (Å²) in [5, 5.41) is 21.9. The van der Waals surface area contributed by atoms with Crippen LogP contribution in [0.1, 0.15) is 18.8 Å². The van der Waals surface area contributed by atoms with Crippen LogP contribution >= 0.6 is 15.9 Å². The van der Waals surface area contributed by atoms with Crippen molar-refractivity contribution >= 4 is 21.6 Å². The Labute approximate surface area is 110 Å². The summed E-state index contributed by atoms with van der Waals surface area (Å²) in [4.78, 5) is 10.4. The van der Waals surface area contributed by atoms with Gasteiger partial charge in [-0.2, -0.15) is 4.68 Å². The zero-order chi connectivity index (χ0) is 13.3. The molecule has 8 nitrogen and oxygen atoms in total. The van der Waals surface area contributed by atoms with Gasteiger partial charge >= 0.3 is 0 Å². The number of nitro benzene ring substituents is 1. The van der Waals surface area contributed by atoms with E-state index in [-0.39, 0.29) is 11.7 Å². The Morgan fingerprint density at radius 3 is 2.89 bits per heavy atom. The molecule has 0 saturated heterocycles. The summed E-state index contributed by atoms with van der Waals surface area (Å²) in [7, 11) is 0. The van der Waals surface area contributed by atoms with Crippen LogP contribution in [0, 0.1) is 10.1 Å². The van der Waals surface area contributed by atoms with Crippen LogP contribution in [0.15, 0.2) is 22.7 Å². The summed E-state index contributed by atoms with van der Waals surface area (Å²) in [6.45, 7) is 1.73. The first-order valence-corrected chi connectivity index (χ1v) is 5.78. The van der Waals surface area contributed by atoms with Crippen molar-refractivity contribution in [2.45, 2.75) is 13.0 Å². The van der Waals surface area contributed by atoms with Gasteiger partial charge in [0.25, 0.3) is 5.69 Å². The number of nitro groups is 1. The fourth-order valence-corrected chi connectivity index (χ4v) is 1.83. The lowest BCUT2D eigenvalue weighted by atomic mass is 10.2. The fraction of sp³-hybridized carbons (Fsp3) is 0.222. The molecule has 1 aromatic carbocycles. The lowest BCUT2D eigenvalue weighted by Crippen LogP contribution is -2.13. The molecule has 1 unspecified atom stereocenters. The third kappa shape index (κ3) is 2.22. The molecule has 2 rings (SSSR count). The van der Waals surface area contributed by atoms with E-state index in [0.717, 1.165) is 0 Å². The predicted octanol–water partition coefficient (Wildman–Crippen LogP) is 1.35. The van der Waals surface area contributed by atoms with E-state index in [1.165, 1.54) is 10.7 Å². The molecule has 0 amide bonds. The molecule has 9 heteroatoms. The van der Waals surface area contributed by atoms with Crippen LogP contribution in [0.25, 0.3) is 5.69 Å². The standard InChI is InChI=1S/C9H9BrN6O2/c1-5(11)9-12-13-14-15(9)6-2-3-7(10)8(4-6)16(17)18/h2-5H,11H2,1H3. The number of nitrogens with two attached hydrogens (primary N) is 1. The molecule has 18 heavy (non-hydrogen) atoms. The number of halogens is 1. The smallest absolute Gasteiger partial charge is 0.285 e. The van der Waals surface area contributed by atoms with Crippen LogP contribution in [0.2, 0.25) is 0 Å². The van der Waals surface area contributed by atoms with Crippen molar-refractivity contribution in [3.8, 4) is 5.69 Å². The van der Waals surface area contributed by atoms with Gasteiger partial charge in [-0.3, -0.25) is 10.1 Å². The Balaban J connectivity index is 2.54. The minimum Gasteiger partial charge on any atom is -0.321 e. The number of rotatable bonds is 3. The summed E-state index contributed by atoms with van der Waals surface area (Å²) in [6.07, 6.45) is 0. The lowest BCUT2D eigenvalue weighted by Gasteiger charge is -2.07. The topological polar surface area (TPSA) is 113 Å². The molecule has 1 heterocycles. The second kappa shape index (κ2) is 4.78. The van der Waals surface area contributed by atoms with E-state index in [1.54, 1.807) is 19.1 Å². The number of benzene rings is 1. The van der Waals surface area contributed by atoms with E-state index in [1.807, 2.05) is 0 Å². The molecule has 1 atom stereocenters. The molecule has 0 radical (unpaired) electrons. The maximum Gasteiger partial charge on any atom is 0.285 e. The average Bonchev–Trinajstić information content (AvgIpc) is 2.78. The van der Waals surface area contributed by atoms with Gasteiger partial charge in [0, 0.05) is 6.07 Å². The average molecular weight is 313 g/mol. The number of tetrazole rings is 1. The van der Waals surface area contributed by atoms with Gasteiger partial charge < -0.3 is 5.73 Å². The molecule has 0 spiro atoms. The van der Waals surface area contributed by atoms with Gasteiger partial charge in [-0.25, -0.2) is 0 Å². The van der Waals surface area contributed by atoms with Crippen LogP contribution < -0.4 is 5.73 Å². The second-order valence-electron chi connectivity index (χ2n) is 3.63. The Morgan fingerprint density at radius 2 is 2.28 bits per heavy atom. The van der Waals surface area contributed by atoms with E-state index < -0.39 is 4.92 Å². The van der Waals surface area contributed by atoms with E-state index in [0.29, 0.717) is 16.0 Å². The van der Waals surface area contributed by atoms with Crippen LogP contribution in [-0.2, 0) is 0 Å². The SMILES string of the molecule is CC(N)c1nnnn1-c1ccc(Br)c([N+](=O)[O-])c1. The van der Waals surface area contributed by atoms with E-state index in [2.05, 4.69) is 31.5 Å². The molecular weight excluding hydrogens is 304 g/mol. The fourth-order valence-electron chi connectivity index (χ4n) is 1.43. The highest BCUT2D eigenvalue weighted by Gasteiger charge is 2.17. The quantitative estimate of drug-likeness (QED) is 0.676. The van der Waals surface area contributed by atoms with Gasteiger partial charge in [-0.15, -0.1) is 5.10 Å². The molecule has 0 fully saturated rings. The van der Waals surface area contributed by atoms with Crippen molar-refractivity contribution in [1.82, 2.24) is 20.2 Å². The zero-order valence-electron chi connectivity index (χ0n) is 9.32. The summed E-state index contributed by atoms with van der Waals surface area (Å²) >= 11 is 3.11. The number of hydrogen-bond donors (Lipinski definition) is 1. The number of aromatic nitrogens is 4. The summed E-state index contributed by atoms with van der Waals surface area (Å²) < 4.78 is 1.77. The molecule has 0 aliphatic rings. The van der Waals surface area contributed by atoms with Crippen LogP contribution in [0.4, 0.5) is 5.69 Å². The Kier molecular flexibility index (Phi) is 3.34. The van der Waals surface area contributed by atoms with Crippen molar-refractivity contribution < 1.29 is 4.92 Å². The maximum absolute atomic E-state index is 10.9. The normalized spacial score (nSPS) is 12.4. The van der Waals surface area contributed by atoms with Crippen molar-refractivity contribution in [3.63, 3.8) is 0 Å². The predicted molar refractivity (Wildman–Crippen MR) is 66.1 cm³/mol. The monoisotopic (exact) mass is 312 g/mol. The lowest BCUT2D eigenvalue weighted by molar-refractivity contribution is -0.385. The Hall–Kier alpha value is -1.87. The van der Waals surface area contributed by atoms with Gasteiger partial charge in [0.15, 0.2) is 5.82 Å². The second-order valence-corrected chi connectivity index (χ2v) is 4.48. The minimum absolute atomic E-state index is 0.0568. The highest BCUT2D eigenvalue weighted by Crippen LogP contribution is 2.27. The third-order valence-electron chi connectivity index (χ3n) is 2.27. The van der Waals surface area contributed by atoms with Crippen LogP contribution in [-0.4, -0.2) is 25.1 Å². The van der Waals surface area contributed by atoms with Crippen molar-refractivity contribution in [1.29, 1.82) is 0 Å². The van der Waals surface area contributed by atoms with Crippen LogP contribution in [0.3, 0.4) is 0 Å². The van der Waals surface area contributed by atoms with Crippen molar-refractivity contribution in [2.24, 2.45) is 5.73 Å². The molecular formula is C9H9BrN6O2. The molecule has 0 aliphatic heterocycles. The van der Waals surface area contributed by atoms with Gasteiger partial charge in [0.2, 0.25) is 0 Å². The van der Waals surface area contributed by atoms with Gasteiger partial charge in [0.05, 0.1) is 21.1 Å². The van der Waals surface area contributed by atoms with Gasteiger partial charge in [0.1, 0.15) is 0 Å². The first-order valence-electron chi connectivity index (χ1n) is 4.99. The largest absolute Gasteiger partial charge is 0.321 e. The number of hydrogen-bond acceptors (Lipinski definition) is 6. The van der Waals surface area contributed by atoms with Crippen molar-refractivity contribution in [3.05, 3.63) is 38.6 Å². The number of nitrogens with zero attached hydrogens (tertiary/aromatic N) is 5. The third-order valence-corrected chi connectivity index (χ3v) is 2.94.